The summed E-state index contributed by atoms with van der Waals surface area (Å²) in [6.07, 6.45) is 8.17. The Balaban J connectivity index is 1.23. The van der Waals surface area contributed by atoms with E-state index in [1.54, 1.807) is 48.2 Å². The van der Waals surface area contributed by atoms with Crippen molar-refractivity contribution in [2.45, 2.75) is 26.5 Å². The minimum absolute atomic E-state index is 0.0853. The van der Waals surface area contributed by atoms with Crippen LogP contribution in [-0.4, -0.2) is 65.4 Å². The molecule has 0 saturated heterocycles. The van der Waals surface area contributed by atoms with Gasteiger partial charge in [-0.3, -0.25) is 9.78 Å². The Morgan fingerprint density at radius 1 is 1.15 bits per heavy atom. The molecule has 0 atom stereocenters. The third-order valence-corrected chi connectivity index (χ3v) is 7.29. The number of nitro groups is 1. The van der Waals surface area contributed by atoms with Crippen molar-refractivity contribution in [2.75, 3.05) is 31.3 Å². The topological polar surface area (TPSA) is 163 Å². The van der Waals surface area contributed by atoms with Crippen LogP contribution in [0.5, 0.6) is 5.75 Å². The van der Waals surface area contributed by atoms with Crippen LogP contribution in [0.15, 0.2) is 73.3 Å². The van der Waals surface area contributed by atoms with Crippen molar-refractivity contribution >= 4 is 40.0 Å². The third kappa shape index (κ3) is 8.07. The van der Waals surface area contributed by atoms with Gasteiger partial charge in [-0.2, -0.15) is 0 Å². The molecule has 0 unspecified atom stereocenters. The number of quaternary nitrogens is 1. The number of carbonyl (C=O) groups excluding carboxylic acids is 1. The van der Waals surface area contributed by atoms with E-state index in [2.05, 4.69) is 35.6 Å². The van der Waals surface area contributed by atoms with E-state index in [1.807, 2.05) is 27.1 Å². The number of nitrogens with zero attached hydrogens (tertiary/aromatic N) is 8. The van der Waals surface area contributed by atoms with Gasteiger partial charge >= 0.3 is 5.82 Å². The zero-order chi connectivity index (χ0) is 33.6. The molecule has 47 heavy (non-hydrogen) atoms. The zero-order valence-corrected chi connectivity index (χ0v) is 26.3. The number of hydrogen-bond donors (Lipinski definition) is 2. The molecule has 4 heterocycles. The molecule has 1 aromatic carbocycles. The van der Waals surface area contributed by atoms with Crippen LogP contribution >= 0.6 is 0 Å². The molecule has 5 aromatic rings. The molecule has 0 aliphatic rings. The molecule has 0 fully saturated rings. The van der Waals surface area contributed by atoms with Crippen LogP contribution < -0.4 is 15.4 Å². The van der Waals surface area contributed by atoms with Gasteiger partial charge in [-0.1, -0.05) is 13.0 Å². The van der Waals surface area contributed by atoms with Crippen LogP contribution in [-0.2, 0) is 31.4 Å². The Morgan fingerprint density at radius 2 is 1.98 bits per heavy atom. The van der Waals surface area contributed by atoms with E-state index >= 15 is 0 Å². The highest BCUT2D eigenvalue weighted by Crippen LogP contribution is 2.28. The number of aromatic nitrogens is 6. The van der Waals surface area contributed by atoms with E-state index in [0.29, 0.717) is 63.6 Å². The highest BCUT2D eigenvalue weighted by atomic mass is 19.1. The number of benzene rings is 1. The first-order valence-electron chi connectivity index (χ1n) is 14.7. The Kier molecular flexibility index (Phi) is 9.75. The second-order valence-electron chi connectivity index (χ2n) is 11.3. The predicted molar refractivity (Wildman–Crippen MR) is 173 cm³/mol. The lowest BCUT2D eigenvalue weighted by Crippen LogP contribution is -2.39. The molecule has 5 rings (SSSR count). The monoisotopic (exact) mass is 641 g/mol. The van der Waals surface area contributed by atoms with Gasteiger partial charge in [0.25, 0.3) is 0 Å². The minimum atomic E-state index is -0.559. The number of ether oxygens (including phenoxy) is 1. The average molecular weight is 642 g/mol. The number of nitrogens with one attached hydrogen (secondary N) is 2. The predicted octanol–water partition coefficient (Wildman–Crippen LogP) is 4.86. The second-order valence-corrected chi connectivity index (χ2v) is 11.3. The largest absolute Gasteiger partial charge is 0.484 e. The molecule has 242 valence electrons. The Labute approximate surface area is 269 Å². The molecule has 0 aliphatic heterocycles. The number of imidazole rings is 1. The van der Waals surface area contributed by atoms with Gasteiger partial charge in [0.2, 0.25) is 11.7 Å². The van der Waals surface area contributed by atoms with Crippen molar-refractivity contribution in [1.82, 2.24) is 29.5 Å². The summed E-state index contributed by atoms with van der Waals surface area (Å²) in [4.78, 5) is 45.0. The van der Waals surface area contributed by atoms with Crippen LogP contribution in [0.2, 0.25) is 0 Å². The maximum Gasteiger partial charge on any atom is 0.391 e. The molecule has 0 spiro atoms. The summed E-state index contributed by atoms with van der Waals surface area (Å²) >= 11 is 0. The lowest BCUT2D eigenvalue weighted by Gasteiger charge is -2.28. The van der Waals surface area contributed by atoms with Crippen LogP contribution in [0.3, 0.4) is 0 Å². The summed E-state index contributed by atoms with van der Waals surface area (Å²) in [6, 6.07) is 11.5. The normalized spacial score (nSPS) is 11.6. The summed E-state index contributed by atoms with van der Waals surface area (Å²) in [5.41, 5.74) is 2.15. The maximum absolute atomic E-state index is 14.8. The van der Waals surface area contributed by atoms with E-state index in [-0.39, 0.29) is 24.0 Å². The number of pyridine rings is 2. The zero-order valence-electron chi connectivity index (χ0n) is 26.3. The molecular weight excluding hydrogens is 607 g/mol. The smallest absolute Gasteiger partial charge is 0.391 e. The first kappa shape index (κ1) is 32.6. The van der Waals surface area contributed by atoms with Gasteiger partial charge in [0.1, 0.15) is 31.1 Å². The fourth-order valence-electron chi connectivity index (χ4n) is 4.88. The highest BCUT2D eigenvalue weighted by molar-refractivity contribution is 6.00. The standard InChI is InChI=1S/C32H33FN10O4/c1-5-29-40-32(42(45)46)26(41(29)2)18-43(3,4)14-8-10-30(44)39-28-16-23-25(17-35-28)36-20-37-31(23)38-21-11-12-27(24(33)15-21)47-19-22-9-6-7-13-34-22/h6-13,15-17,20H,5,14,18-19H2,1-4H3,(H-,35,36,37,38,39,44)/p+1/b10-8+. The number of rotatable bonds is 13. The van der Waals surface area contributed by atoms with Gasteiger partial charge in [-0.25, -0.2) is 19.3 Å². The van der Waals surface area contributed by atoms with Crippen molar-refractivity contribution in [3.8, 4) is 5.75 Å². The molecule has 14 nitrogen and oxygen atoms in total. The van der Waals surface area contributed by atoms with Crippen LogP contribution in [0.25, 0.3) is 10.9 Å². The first-order valence-corrected chi connectivity index (χ1v) is 14.7. The molecule has 4 aromatic heterocycles. The first-order chi connectivity index (χ1) is 22.5. The van der Waals surface area contributed by atoms with E-state index in [1.165, 1.54) is 30.7 Å². The molecular formula is C32H34FN10O4+. The molecule has 1 amide bonds. The Morgan fingerprint density at radius 3 is 2.70 bits per heavy atom. The quantitative estimate of drug-likeness (QED) is 0.0786. The summed E-state index contributed by atoms with van der Waals surface area (Å²) in [7, 11) is 5.60. The van der Waals surface area contributed by atoms with Crippen LogP contribution in [0, 0.1) is 15.9 Å². The summed E-state index contributed by atoms with van der Waals surface area (Å²) < 4.78 is 22.5. The van der Waals surface area contributed by atoms with Gasteiger partial charge in [0.05, 0.1) is 38.0 Å². The van der Waals surface area contributed by atoms with Crippen LogP contribution in [0.4, 0.5) is 27.5 Å². The van der Waals surface area contributed by atoms with Gasteiger partial charge in [-0.05, 0) is 46.3 Å². The molecule has 2 N–H and O–H groups in total. The number of likely N-dealkylation sites (N-methyl/N-ethyl adjacent to an activating group) is 1. The lowest BCUT2D eigenvalue weighted by molar-refractivity contribution is -0.898. The molecule has 0 bridgehead atoms. The fraction of sp³-hybridized carbons (Fsp3) is 0.250. The number of carbonyl (C=O) groups is 1. The fourth-order valence-corrected chi connectivity index (χ4v) is 4.88. The molecule has 0 aliphatic carbocycles. The lowest BCUT2D eigenvalue weighted by atomic mass is 10.2. The molecule has 0 saturated carbocycles. The number of aryl methyl sites for hydroxylation is 1. The minimum Gasteiger partial charge on any atom is -0.484 e. The number of amides is 1. The molecule has 15 heteroatoms. The van der Waals surface area contributed by atoms with E-state index < -0.39 is 16.6 Å². The van der Waals surface area contributed by atoms with Crippen molar-refractivity contribution < 1.29 is 23.3 Å². The van der Waals surface area contributed by atoms with Crippen molar-refractivity contribution in [3.05, 3.63) is 106 Å². The summed E-state index contributed by atoms with van der Waals surface area (Å²) in [5.74, 6) is 0.260. The number of fused-ring (bicyclic) bond motifs is 1. The summed E-state index contributed by atoms with van der Waals surface area (Å²) in [5, 5.41) is 18.0. The van der Waals surface area contributed by atoms with Crippen molar-refractivity contribution in [2.24, 2.45) is 7.05 Å². The van der Waals surface area contributed by atoms with Crippen molar-refractivity contribution in [1.29, 1.82) is 0 Å². The van der Waals surface area contributed by atoms with Gasteiger partial charge in [-0.15, -0.1) is 0 Å². The van der Waals surface area contributed by atoms with E-state index in [9.17, 15) is 19.3 Å². The number of hydrogen-bond acceptors (Lipinski definition) is 10. The Hall–Kier alpha value is -5.83. The molecule has 0 radical (unpaired) electrons. The number of anilines is 3. The SMILES string of the molecule is CCc1nc([N+](=O)[O-])c(C[N+](C)(C)C/C=C/C(=O)Nc2cc3c(Nc4ccc(OCc5ccccn5)c(F)c4)ncnc3cn2)n1C. The van der Waals surface area contributed by atoms with Gasteiger partial charge < -0.3 is 34.5 Å². The van der Waals surface area contributed by atoms with Crippen LogP contribution in [0.1, 0.15) is 24.1 Å². The average Bonchev–Trinajstić information content (AvgIpc) is 3.35. The van der Waals surface area contributed by atoms with Gasteiger partial charge in [0.15, 0.2) is 17.3 Å². The van der Waals surface area contributed by atoms with E-state index in [4.69, 9.17) is 4.74 Å². The summed E-state index contributed by atoms with van der Waals surface area (Å²) in [6.45, 7) is 2.80. The highest BCUT2D eigenvalue weighted by Gasteiger charge is 2.30. The maximum atomic E-state index is 14.8. The van der Waals surface area contributed by atoms with E-state index in [0.717, 1.165) is 0 Å². The second kappa shape index (κ2) is 14.1. The Bertz CT molecular complexity index is 1950. The number of halogens is 1. The third-order valence-electron chi connectivity index (χ3n) is 7.29. The van der Waals surface area contributed by atoms with Gasteiger partial charge in [0, 0.05) is 42.9 Å². The van der Waals surface area contributed by atoms with Crippen molar-refractivity contribution in [3.63, 3.8) is 0 Å².